The first kappa shape index (κ1) is 16.3. The Hall–Kier alpha value is -2.60. The summed E-state index contributed by atoms with van der Waals surface area (Å²) in [6, 6.07) is 7.50. The van der Waals surface area contributed by atoms with Crippen LogP contribution in [-0.4, -0.2) is 10.2 Å². The number of aryl methyl sites for hydroxylation is 1. The molecule has 0 aliphatic heterocycles. The van der Waals surface area contributed by atoms with Gasteiger partial charge in [-0.2, -0.15) is 5.10 Å². The Labute approximate surface area is 139 Å². The Morgan fingerprint density at radius 3 is 2.29 bits per heavy atom. The lowest BCUT2D eigenvalue weighted by Gasteiger charge is -2.13. The molecular weight excluding hydrogens is 341 g/mol. The molecule has 0 unspecified atom stereocenters. The van der Waals surface area contributed by atoms with Crippen LogP contribution in [0.1, 0.15) is 5.69 Å². The average Bonchev–Trinajstić information content (AvgIpc) is 2.49. The molecule has 0 saturated carbocycles. The van der Waals surface area contributed by atoms with Crippen molar-refractivity contribution in [1.29, 1.82) is 0 Å². The summed E-state index contributed by atoms with van der Waals surface area (Å²) in [5.74, 6) is -3.42. The number of halogens is 4. The van der Waals surface area contributed by atoms with E-state index >= 15 is 0 Å². The molecule has 0 bridgehead atoms. The highest BCUT2D eigenvalue weighted by Gasteiger charge is 2.23. The van der Waals surface area contributed by atoms with Gasteiger partial charge in [0, 0.05) is 22.7 Å². The number of aromatic amines is 1. The molecule has 0 fully saturated rings. The first-order chi connectivity index (χ1) is 11.4. The number of nitrogens with one attached hydrogen (secondary N) is 1. The van der Waals surface area contributed by atoms with Crippen LogP contribution in [0.25, 0.3) is 22.3 Å². The minimum atomic E-state index is -1.17. The van der Waals surface area contributed by atoms with Gasteiger partial charge in [0.15, 0.2) is 0 Å². The second-order valence-corrected chi connectivity index (χ2v) is 5.58. The number of nitrogens with zero attached hydrogens (tertiary/aromatic N) is 1. The standard InChI is InChI=1S/C17H10ClF3N2O/c1-8-14(9-3-2-4-10(18)5-9)16(17(24)23-22-8)15-12(20)6-11(19)7-13(15)21/h2-7H,1H3,(H,23,24). The van der Waals surface area contributed by atoms with Gasteiger partial charge in [0.25, 0.3) is 5.56 Å². The summed E-state index contributed by atoms with van der Waals surface area (Å²) in [6.45, 7) is 1.58. The molecule has 122 valence electrons. The highest BCUT2D eigenvalue weighted by atomic mass is 35.5. The molecule has 1 heterocycles. The minimum absolute atomic E-state index is 0.227. The van der Waals surface area contributed by atoms with Crippen molar-refractivity contribution >= 4 is 11.6 Å². The molecule has 24 heavy (non-hydrogen) atoms. The van der Waals surface area contributed by atoms with Gasteiger partial charge in [0.2, 0.25) is 0 Å². The van der Waals surface area contributed by atoms with E-state index in [9.17, 15) is 18.0 Å². The SMILES string of the molecule is Cc1n[nH]c(=O)c(-c2c(F)cc(F)cc2F)c1-c1cccc(Cl)c1. The Balaban J connectivity index is 2.42. The molecule has 0 radical (unpaired) electrons. The molecule has 0 aliphatic rings. The van der Waals surface area contributed by atoms with Crippen molar-refractivity contribution in [2.24, 2.45) is 0 Å². The molecule has 1 aromatic heterocycles. The van der Waals surface area contributed by atoms with Gasteiger partial charge < -0.3 is 0 Å². The van der Waals surface area contributed by atoms with Gasteiger partial charge >= 0.3 is 0 Å². The summed E-state index contributed by atoms with van der Waals surface area (Å²) < 4.78 is 41.6. The average molecular weight is 351 g/mol. The maximum absolute atomic E-state index is 14.2. The molecule has 0 saturated heterocycles. The molecule has 1 N–H and O–H groups in total. The lowest BCUT2D eigenvalue weighted by atomic mass is 9.94. The van der Waals surface area contributed by atoms with Gasteiger partial charge in [-0.3, -0.25) is 4.79 Å². The fraction of sp³-hybridized carbons (Fsp3) is 0.0588. The first-order valence-electron chi connectivity index (χ1n) is 6.88. The molecule has 7 heteroatoms. The van der Waals surface area contributed by atoms with Crippen molar-refractivity contribution in [2.45, 2.75) is 6.92 Å². The van der Waals surface area contributed by atoms with Crippen LogP contribution in [0, 0.1) is 24.4 Å². The molecule has 3 rings (SSSR count). The minimum Gasteiger partial charge on any atom is -0.267 e. The van der Waals surface area contributed by atoms with E-state index in [4.69, 9.17) is 11.6 Å². The summed E-state index contributed by atoms with van der Waals surface area (Å²) in [5, 5.41) is 6.43. The summed E-state index contributed by atoms with van der Waals surface area (Å²) >= 11 is 5.96. The lowest BCUT2D eigenvalue weighted by Crippen LogP contribution is -2.16. The lowest BCUT2D eigenvalue weighted by molar-refractivity contribution is 0.547. The Bertz CT molecular complexity index is 978. The monoisotopic (exact) mass is 350 g/mol. The zero-order valence-electron chi connectivity index (χ0n) is 12.3. The number of hydrogen-bond donors (Lipinski definition) is 1. The Kier molecular flexibility index (Phi) is 4.15. The van der Waals surface area contributed by atoms with Crippen molar-refractivity contribution in [2.75, 3.05) is 0 Å². The highest BCUT2D eigenvalue weighted by Crippen LogP contribution is 2.35. The van der Waals surface area contributed by atoms with Crippen molar-refractivity contribution in [3.63, 3.8) is 0 Å². The summed E-state index contributed by atoms with van der Waals surface area (Å²) in [6.07, 6.45) is 0. The summed E-state index contributed by atoms with van der Waals surface area (Å²) in [5.41, 5.74) is -0.629. The fourth-order valence-corrected chi connectivity index (χ4v) is 2.75. The van der Waals surface area contributed by atoms with Crippen LogP contribution >= 0.6 is 11.6 Å². The topological polar surface area (TPSA) is 45.8 Å². The van der Waals surface area contributed by atoms with E-state index in [0.717, 1.165) is 0 Å². The van der Waals surface area contributed by atoms with Crippen LogP contribution in [0.4, 0.5) is 13.2 Å². The maximum Gasteiger partial charge on any atom is 0.272 e. The van der Waals surface area contributed by atoms with Gasteiger partial charge in [0.1, 0.15) is 17.5 Å². The molecule has 0 spiro atoms. The van der Waals surface area contributed by atoms with Crippen molar-refractivity contribution in [1.82, 2.24) is 10.2 Å². The Morgan fingerprint density at radius 2 is 1.67 bits per heavy atom. The van der Waals surface area contributed by atoms with Crippen LogP contribution in [-0.2, 0) is 0 Å². The van der Waals surface area contributed by atoms with E-state index in [2.05, 4.69) is 10.2 Å². The number of H-pyrrole nitrogens is 1. The molecule has 3 aromatic rings. The van der Waals surface area contributed by atoms with Gasteiger partial charge in [0.05, 0.1) is 16.8 Å². The number of hydrogen-bond acceptors (Lipinski definition) is 2. The van der Waals surface area contributed by atoms with E-state index in [-0.39, 0.29) is 11.1 Å². The smallest absolute Gasteiger partial charge is 0.267 e. The van der Waals surface area contributed by atoms with E-state index in [1.807, 2.05) is 0 Å². The third-order valence-corrected chi connectivity index (χ3v) is 3.77. The van der Waals surface area contributed by atoms with Crippen LogP contribution in [0.15, 0.2) is 41.2 Å². The van der Waals surface area contributed by atoms with Crippen molar-refractivity contribution in [3.8, 4) is 22.3 Å². The first-order valence-corrected chi connectivity index (χ1v) is 7.26. The largest absolute Gasteiger partial charge is 0.272 e. The molecule has 0 amide bonds. The van der Waals surface area contributed by atoms with E-state index in [1.165, 1.54) is 0 Å². The second kappa shape index (κ2) is 6.13. The van der Waals surface area contributed by atoms with Crippen molar-refractivity contribution < 1.29 is 13.2 Å². The van der Waals surface area contributed by atoms with Gasteiger partial charge in [-0.1, -0.05) is 23.7 Å². The second-order valence-electron chi connectivity index (χ2n) is 5.14. The molecule has 3 nitrogen and oxygen atoms in total. The van der Waals surface area contributed by atoms with Crippen LogP contribution in [0.5, 0.6) is 0 Å². The van der Waals surface area contributed by atoms with E-state index in [1.54, 1.807) is 31.2 Å². The quantitative estimate of drug-likeness (QED) is 0.740. The van der Waals surface area contributed by atoms with Crippen molar-refractivity contribution in [3.05, 3.63) is 74.9 Å². The third-order valence-electron chi connectivity index (χ3n) is 3.53. The zero-order valence-corrected chi connectivity index (χ0v) is 13.1. The predicted octanol–water partition coefficient (Wildman–Crippen LogP) is 4.48. The van der Waals surface area contributed by atoms with Crippen LogP contribution in [0.3, 0.4) is 0 Å². The number of benzene rings is 2. The fourth-order valence-electron chi connectivity index (χ4n) is 2.56. The maximum atomic E-state index is 14.2. The van der Waals surface area contributed by atoms with Crippen LogP contribution in [0.2, 0.25) is 5.02 Å². The Morgan fingerprint density at radius 1 is 1.00 bits per heavy atom. The van der Waals surface area contributed by atoms with Crippen LogP contribution < -0.4 is 5.56 Å². The third kappa shape index (κ3) is 2.80. The predicted molar refractivity (Wildman–Crippen MR) is 85.4 cm³/mol. The number of rotatable bonds is 2. The van der Waals surface area contributed by atoms with E-state index in [0.29, 0.717) is 28.4 Å². The van der Waals surface area contributed by atoms with Gasteiger partial charge in [-0.25, -0.2) is 18.3 Å². The molecule has 2 aromatic carbocycles. The van der Waals surface area contributed by atoms with E-state index < -0.39 is 28.6 Å². The van der Waals surface area contributed by atoms with Gasteiger partial charge in [-0.05, 0) is 24.6 Å². The summed E-state index contributed by atoms with van der Waals surface area (Å²) in [4.78, 5) is 12.3. The summed E-state index contributed by atoms with van der Waals surface area (Å²) in [7, 11) is 0. The zero-order chi connectivity index (χ0) is 17.4. The highest BCUT2D eigenvalue weighted by molar-refractivity contribution is 6.30. The normalized spacial score (nSPS) is 10.9. The molecular formula is C17H10ClF3N2O. The molecule has 0 atom stereocenters. The molecule has 0 aliphatic carbocycles. The number of aromatic nitrogens is 2. The van der Waals surface area contributed by atoms with Gasteiger partial charge in [-0.15, -0.1) is 0 Å².